The zero-order chi connectivity index (χ0) is 10.3. The van der Waals surface area contributed by atoms with Gasteiger partial charge in [-0.1, -0.05) is 27.2 Å². The second-order valence-electron chi connectivity index (χ2n) is 3.73. The van der Waals surface area contributed by atoms with Crippen LogP contribution in [0.1, 0.15) is 27.2 Å². The fourth-order valence-electron chi connectivity index (χ4n) is 1.10. The molecule has 1 amide bonds. The van der Waals surface area contributed by atoms with Gasteiger partial charge in [-0.3, -0.25) is 4.79 Å². The Labute approximate surface area is 81.3 Å². The maximum Gasteiger partial charge on any atom is 0.222 e. The van der Waals surface area contributed by atoms with Crippen LogP contribution in [0, 0.1) is 11.8 Å². The molecule has 1 unspecified atom stereocenters. The van der Waals surface area contributed by atoms with Gasteiger partial charge in [-0.25, -0.2) is 0 Å². The Hall–Kier alpha value is -0.570. The first-order valence-corrected chi connectivity index (χ1v) is 5.04. The van der Waals surface area contributed by atoms with E-state index in [9.17, 15) is 4.79 Å². The quantitative estimate of drug-likeness (QED) is 0.650. The lowest BCUT2D eigenvalue weighted by Crippen LogP contribution is -2.35. The number of nitrogens with one attached hydrogen (secondary N) is 2. The van der Waals surface area contributed by atoms with E-state index < -0.39 is 0 Å². The van der Waals surface area contributed by atoms with E-state index in [2.05, 4.69) is 17.6 Å². The summed E-state index contributed by atoms with van der Waals surface area (Å²) in [6.45, 7) is 7.72. The van der Waals surface area contributed by atoms with Crippen molar-refractivity contribution < 1.29 is 4.79 Å². The third kappa shape index (κ3) is 5.64. The highest BCUT2D eigenvalue weighted by molar-refractivity contribution is 5.77. The van der Waals surface area contributed by atoms with Crippen molar-refractivity contribution in [2.24, 2.45) is 11.8 Å². The van der Waals surface area contributed by atoms with Gasteiger partial charge in [0.15, 0.2) is 0 Å². The van der Waals surface area contributed by atoms with Crippen LogP contribution in [0.5, 0.6) is 0 Å². The minimum Gasteiger partial charge on any atom is -0.356 e. The number of carbonyl (C=O) groups is 1. The summed E-state index contributed by atoms with van der Waals surface area (Å²) in [5, 5.41) is 6.06. The summed E-state index contributed by atoms with van der Waals surface area (Å²) in [6.07, 6.45) is 1.10. The van der Waals surface area contributed by atoms with Crippen LogP contribution in [0.15, 0.2) is 0 Å². The van der Waals surface area contributed by atoms with Crippen LogP contribution in [-0.4, -0.2) is 26.0 Å². The molecule has 1 atom stereocenters. The van der Waals surface area contributed by atoms with Crippen LogP contribution in [0.3, 0.4) is 0 Å². The van der Waals surface area contributed by atoms with Gasteiger partial charge in [0.25, 0.3) is 0 Å². The Morgan fingerprint density at radius 1 is 1.31 bits per heavy atom. The minimum absolute atomic E-state index is 0.0899. The maximum absolute atomic E-state index is 11.2. The Bertz CT molecular complexity index is 146. The molecule has 0 saturated carbocycles. The van der Waals surface area contributed by atoms with Gasteiger partial charge in [-0.2, -0.15) is 0 Å². The monoisotopic (exact) mass is 186 g/mol. The fraction of sp³-hybridized carbons (Fsp3) is 0.900. The first-order valence-electron chi connectivity index (χ1n) is 5.04. The van der Waals surface area contributed by atoms with Crippen molar-refractivity contribution >= 4 is 5.91 Å². The molecular weight excluding hydrogens is 164 g/mol. The van der Waals surface area contributed by atoms with Crippen molar-refractivity contribution in [3.05, 3.63) is 0 Å². The van der Waals surface area contributed by atoms with Crippen LogP contribution in [0.25, 0.3) is 0 Å². The molecular formula is C10H22N2O. The third-order valence-electron chi connectivity index (χ3n) is 2.16. The second kappa shape index (κ2) is 6.89. The fourth-order valence-corrected chi connectivity index (χ4v) is 1.10. The molecule has 0 heterocycles. The van der Waals surface area contributed by atoms with Crippen LogP contribution >= 0.6 is 0 Å². The molecule has 3 nitrogen and oxygen atoms in total. The molecule has 0 fully saturated rings. The zero-order valence-corrected chi connectivity index (χ0v) is 9.18. The maximum atomic E-state index is 11.2. The summed E-state index contributed by atoms with van der Waals surface area (Å²) >= 11 is 0. The van der Waals surface area contributed by atoms with E-state index >= 15 is 0 Å². The zero-order valence-electron chi connectivity index (χ0n) is 9.18. The Balaban J connectivity index is 3.65. The number of hydrogen-bond acceptors (Lipinski definition) is 2. The van der Waals surface area contributed by atoms with E-state index in [-0.39, 0.29) is 11.8 Å². The Kier molecular flexibility index (Phi) is 6.59. The first-order chi connectivity index (χ1) is 6.11. The summed E-state index contributed by atoms with van der Waals surface area (Å²) in [7, 11) is 1.94. The Morgan fingerprint density at radius 2 is 1.92 bits per heavy atom. The molecule has 2 N–H and O–H groups in total. The summed E-state index contributed by atoms with van der Waals surface area (Å²) in [4.78, 5) is 11.2. The predicted molar refractivity (Wildman–Crippen MR) is 55.6 cm³/mol. The molecule has 0 aliphatic heterocycles. The van der Waals surface area contributed by atoms with Crippen LogP contribution < -0.4 is 10.6 Å². The predicted octanol–water partition coefficient (Wildman–Crippen LogP) is 1.00. The van der Waals surface area contributed by atoms with E-state index in [1.54, 1.807) is 0 Å². The number of amides is 1. The van der Waals surface area contributed by atoms with E-state index in [0.29, 0.717) is 5.92 Å². The normalized spacial score (nSPS) is 13.0. The van der Waals surface area contributed by atoms with Crippen molar-refractivity contribution in [3.63, 3.8) is 0 Å². The van der Waals surface area contributed by atoms with Gasteiger partial charge in [-0.05, 0) is 19.5 Å². The SMILES string of the molecule is CCC(CNC)CNC(=O)C(C)C. The van der Waals surface area contributed by atoms with Crippen molar-refractivity contribution in [1.82, 2.24) is 10.6 Å². The van der Waals surface area contributed by atoms with E-state index in [0.717, 1.165) is 19.5 Å². The van der Waals surface area contributed by atoms with Gasteiger partial charge < -0.3 is 10.6 Å². The number of hydrogen-bond donors (Lipinski definition) is 2. The number of carbonyl (C=O) groups excluding carboxylic acids is 1. The smallest absolute Gasteiger partial charge is 0.222 e. The van der Waals surface area contributed by atoms with Crippen molar-refractivity contribution in [2.75, 3.05) is 20.1 Å². The average molecular weight is 186 g/mol. The molecule has 0 bridgehead atoms. The van der Waals surface area contributed by atoms with E-state index in [4.69, 9.17) is 0 Å². The molecule has 0 aromatic rings. The highest BCUT2D eigenvalue weighted by Crippen LogP contribution is 1.99. The lowest BCUT2D eigenvalue weighted by atomic mass is 10.1. The van der Waals surface area contributed by atoms with Gasteiger partial charge in [-0.15, -0.1) is 0 Å². The van der Waals surface area contributed by atoms with Crippen molar-refractivity contribution in [3.8, 4) is 0 Å². The van der Waals surface area contributed by atoms with Gasteiger partial charge >= 0.3 is 0 Å². The second-order valence-corrected chi connectivity index (χ2v) is 3.73. The molecule has 3 heteroatoms. The lowest BCUT2D eigenvalue weighted by Gasteiger charge is -2.15. The molecule has 78 valence electrons. The molecule has 0 rings (SSSR count). The molecule has 0 saturated heterocycles. The van der Waals surface area contributed by atoms with E-state index in [1.807, 2.05) is 20.9 Å². The van der Waals surface area contributed by atoms with Gasteiger partial charge in [0.05, 0.1) is 0 Å². The molecule has 0 radical (unpaired) electrons. The largest absolute Gasteiger partial charge is 0.356 e. The third-order valence-corrected chi connectivity index (χ3v) is 2.16. The van der Waals surface area contributed by atoms with Crippen molar-refractivity contribution in [1.29, 1.82) is 0 Å². The molecule has 0 aliphatic rings. The summed E-state index contributed by atoms with van der Waals surface area (Å²) < 4.78 is 0. The topological polar surface area (TPSA) is 41.1 Å². The van der Waals surface area contributed by atoms with Gasteiger partial charge in [0.1, 0.15) is 0 Å². The van der Waals surface area contributed by atoms with Gasteiger partial charge in [0, 0.05) is 12.5 Å². The summed E-state index contributed by atoms with van der Waals surface area (Å²) in [6, 6.07) is 0. The minimum atomic E-state index is 0.0899. The first kappa shape index (κ1) is 12.4. The van der Waals surface area contributed by atoms with Gasteiger partial charge in [0.2, 0.25) is 5.91 Å². The van der Waals surface area contributed by atoms with Crippen LogP contribution in [0.2, 0.25) is 0 Å². The summed E-state index contributed by atoms with van der Waals surface area (Å²) in [5.74, 6) is 0.786. The Morgan fingerprint density at radius 3 is 2.31 bits per heavy atom. The van der Waals surface area contributed by atoms with Crippen molar-refractivity contribution in [2.45, 2.75) is 27.2 Å². The molecule has 0 spiro atoms. The number of rotatable bonds is 6. The lowest BCUT2D eigenvalue weighted by molar-refractivity contribution is -0.124. The van der Waals surface area contributed by atoms with E-state index in [1.165, 1.54) is 0 Å². The summed E-state index contributed by atoms with van der Waals surface area (Å²) in [5.41, 5.74) is 0. The molecule has 0 aromatic heterocycles. The highest BCUT2D eigenvalue weighted by Gasteiger charge is 2.09. The average Bonchev–Trinajstić information content (AvgIpc) is 2.11. The van der Waals surface area contributed by atoms with Crippen LogP contribution in [-0.2, 0) is 4.79 Å². The van der Waals surface area contributed by atoms with Crippen LogP contribution in [0.4, 0.5) is 0 Å². The molecule has 0 aromatic carbocycles. The molecule has 13 heavy (non-hydrogen) atoms. The highest BCUT2D eigenvalue weighted by atomic mass is 16.1. The molecule has 0 aliphatic carbocycles. The standard InChI is InChI=1S/C10H22N2O/c1-5-9(6-11-4)7-12-10(13)8(2)3/h8-9,11H,5-7H2,1-4H3,(H,12,13).